The molecular formula is C17H27N3O3S. The van der Waals surface area contributed by atoms with Crippen molar-refractivity contribution in [3.8, 4) is 0 Å². The van der Waals surface area contributed by atoms with Crippen molar-refractivity contribution in [2.24, 2.45) is 5.73 Å². The van der Waals surface area contributed by atoms with E-state index in [0.717, 1.165) is 27.8 Å². The van der Waals surface area contributed by atoms with Crippen LogP contribution in [-0.2, 0) is 10.0 Å². The topological polar surface area (TPSA) is 83.7 Å². The number of urea groups is 1. The number of nitrogens with zero attached hydrogens (tertiary/aromatic N) is 2. The SMILES string of the molecule is Cc1c(C)c(C)c(S(=O)(=O)N2CCCN(C(N)=O)CC2)c(C)c1C. The standard InChI is InChI=1S/C17H27N3O3S/c1-11-12(2)14(4)16(15(5)13(11)3)24(22,23)20-8-6-7-19(9-10-20)17(18)21/h6-10H2,1-5H3,(H2,18,21). The number of benzene rings is 1. The maximum atomic E-state index is 13.3. The Morgan fingerprint density at radius 2 is 1.33 bits per heavy atom. The number of hydrogen-bond acceptors (Lipinski definition) is 3. The highest BCUT2D eigenvalue weighted by atomic mass is 32.2. The lowest BCUT2D eigenvalue weighted by molar-refractivity contribution is 0.210. The van der Waals surface area contributed by atoms with Crippen molar-refractivity contribution in [2.45, 2.75) is 45.9 Å². The highest BCUT2D eigenvalue weighted by molar-refractivity contribution is 7.89. The first-order chi connectivity index (χ1) is 11.1. The monoisotopic (exact) mass is 353 g/mol. The van der Waals surface area contributed by atoms with Gasteiger partial charge < -0.3 is 10.6 Å². The normalized spacial score (nSPS) is 17.0. The van der Waals surface area contributed by atoms with Gasteiger partial charge in [0.1, 0.15) is 0 Å². The molecule has 24 heavy (non-hydrogen) atoms. The summed E-state index contributed by atoms with van der Waals surface area (Å²) in [6.07, 6.45) is 0.587. The van der Waals surface area contributed by atoms with E-state index in [1.165, 1.54) is 9.21 Å². The van der Waals surface area contributed by atoms with Crippen LogP contribution in [0, 0.1) is 34.6 Å². The minimum atomic E-state index is -3.60. The third kappa shape index (κ3) is 3.15. The summed E-state index contributed by atoms with van der Waals surface area (Å²) in [5.74, 6) is 0. The van der Waals surface area contributed by atoms with Crippen LogP contribution in [0.2, 0.25) is 0 Å². The van der Waals surface area contributed by atoms with Gasteiger partial charge in [-0.3, -0.25) is 0 Å². The zero-order chi connectivity index (χ0) is 18.2. The number of carbonyl (C=O) groups is 1. The van der Waals surface area contributed by atoms with Crippen LogP contribution < -0.4 is 5.73 Å². The van der Waals surface area contributed by atoms with E-state index >= 15 is 0 Å². The molecule has 0 aliphatic carbocycles. The highest BCUT2D eigenvalue weighted by Gasteiger charge is 2.31. The molecule has 0 saturated carbocycles. The molecule has 0 unspecified atom stereocenters. The molecule has 2 rings (SSSR count). The van der Waals surface area contributed by atoms with Crippen LogP contribution in [0.15, 0.2) is 4.90 Å². The molecule has 0 spiro atoms. The van der Waals surface area contributed by atoms with E-state index in [2.05, 4.69) is 0 Å². The quantitative estimate of drug-likeness (QED) is 0.883. The maximum Gasteiger partial charge on any atom is 0.314 e. The van der Waals surface area contributed by atoms with Crippen LogP contribution >= 0.6 is 0 Å². The van der Waals surface area contributed by atoms with Gasteiger partial charge in [0.25, 0.3) is 0 Å². The van der Waals surface area contributed by atoms with Crippen LogP contribution in [-0.4, -0.2) is 49.8 Å². The number of amides is 2. The molecule has 134 valence electrons. The van der Waals surface area contributed by atoms with Crippen molar-refractivity contribution in [3.05, 3.63) is 27.8 Å². The number of hydrogen-bond donors (Lipinski definition) is 1. The Morgan fingerprint density at radius 1 is 0.833 bits per heavy atom. The molecule has 1 fully saturated rings. The lowest BCUT2D eigenvalue weighted by Gasteiger charge is -2.25. The number of sulfonamides is 1. The first-order valence-electron chi connectivity index (χ1n) is 8.20. The van der Waals surface area contributed by atoms with Crippen molar-refractivity contribution in [3.63, 3.8) is 0 Å². The number of nitrogens with two attached hydrogens (primary N) is 1. The van der Waals surface area contributed by atoms with Crippen molar-refractivity contribution in [2.75, 3.05) is 26.2 Å². The van der Waals surface area contributed by atoms with Gasteiger partial charge in [-0.05, 0) is 68.9 Å². The lowest BCUT2D eigenvalue weighted by Crippen LogP contribution is -2.40. The van der Waals surface area contributed by atoms with E-state index in [9.17, 15) is 13.2 Å². The summed E-state index contributed by atoms with van der Waals surface area (Å²) in [6, 6.07) is -0.497. The molecule has 2 amide bonds. The van der Waals surface area contributed by atoms with Crippen molar-refractivity contribution >= 4 is 16.1 Å². The first-order valence-corrected chi connectivity index (χ1v) is 9.64. The van der Waals surface area contributed by atoms with E-state index in [-0.39, 0.29) is 6.54 Å². The van der Waals surface area contributed by atoms with Gasteiger partial charge in [0.05, 0.1) is 4.90 Å². The number of rotatable bonds is 2. The second-order valence-electron chi connectivity index (χ2n) is 6.54. The van der Waals surface area contributed by atoms with E-state index in [1.807, 2.05) is 34.6 Å². The third-order valence-corrected chi connectivity index (χ3v) is 7.47. The second-order valence-corrected chi connectivity index (χ2v) is 8.41. The minimum Gasteiger partial charge on any atom is -0.351 e. The summed E-state index contributed by atoms with van der Waals surface area (Å²) in [5, 5.41) is 0. The van der Waals surface area contributed by atoms with E-state index in [4.69, 9.17) is 5.73 Å². The minimum absolute atomic E-state index is 0.274. The Hall–Kier alpha value is -1.60. The molecule has 0 atom stereocenters. The zero-order valence-electron chi connectivity index (χ0n) is 15.1. The predicted molar refractivity (Wildman–Crippen MR) is 94.7 cm³/mol. The van der Waals surface area contributed by atoms with Gasteiger partial charge in [-0.1, -0.05) is 0 Å². The average Bonchev–Trinajstić information content (AvgIpc) is 2.77. The fraction of sp³-hybridized carbons (Fsp3) is 0.588. The smallest absolute Gasteiger partial charge is 0.314 e. The van der Waals surface area contributed by atoms with Gasteiger partial charge in [0.2, 0.25) is 10.0 Å². The third-order valence-electron chi connectivity index (χ3n) is 5.30. The summed E-state index contributed by atoms with van der Waals surface area (Å²) in [7, 11) is -3.60. The van der Waals surface area contributed by atoms with Crippen LogP contribution in [0.4, 0.5) is 4.79 Å². The molecule has 1 aliphatic heterocycles. The van der Waals surface area contributed by atoms with Crippen molar-refractivity contribution in [1.29, 1.82) is 0 Å². The second kappa shape index (κ2) is 6.72. The molecule has 1 aliphatic rings. The highest BCUT2D eigenvalue weighted by Crippen LogP contribution is 2.31. The molecule has 1 heterocycles. The van der Waals surface area contributed by atoms with Crippen molar-refractivity contribution < 1.29 is 13.2 Å². The Bertz CT molecular complexity index is 743. The van der Waals surface area contributed by atoms with Gasteiger partial charge in [0, 0.05) is 26.2 Å². The molecule has 0 bridgehead atoms. The molecule has 7 heteroatoms. The summed E-state index contributed by atoms with van der Waals surface area (Å²) in [6.45, 7) is 11.2. The van der Waals surface area contributed by atoms with Gasteiger partial charge in [-0.15, -0.1) is 0 Å². The summed E-state index contributed by atoms with van der Waals surface area (Å²) >= 11 is 0. The molecule has 1 saturated heterocycles. The average molecular weight is 353 g/mol. The number of primary amides is 1. The largest absolute Gasteiger partial charge is 0.351 e. The molecular weight excluding hydrogens is 326 g/mol. The molecule has 0 radical (unpaired) electrons. The van der Waals surface area contributed by atoms with E-state index in [1.54, 1.807) is 0 Å². The summed E-state index contributed by atoms with van der Waals surface area (Å²) in [4.78, 5) is 13.3. The van der Waals surface area contributed by atoms with Gasteiger partial charge in [-0.25, -0.2) is 13.2 Å². The Balaban J connectivity index is 2.47. The number of carbonyl (C=O) groups excluding carboxylic acids is 1. The predicted octanol–water partition coefficient (Wildman–Crippen LogP) is 2.00. The molecule has 1 aromatic rings. The summed E-state index contributed by atoms with van der Waals surface area (Å²) in [5.41, 5.74) is 10.1. The Labute approximate surface area is 144 Å². The fourth-order valence-corrected chi connectivity index (χ4v) is 5.37. The molecule has 2 N–H and O–H groups in total. The lowest BCUT2D eigenvalue weighted by atomic mass is 9.95. The van der Waals surface area contributed by atoms with Gasteiger partial charge in [0.15, 0.2) is 0 Å². The Kier molecular flexibility index (Phi) is 5.25. The first kappa shape index (κ1) is 18.7. The van der Waals surface area contributed by atoms with Crippen LogP contribution in [0.1, 0.15) is 34.2 Å². The maximum absolute atomic E-state index is 13.3. The van der Waals surface area contributed by atoms with Crippen LogP contribution in [0.3, 0.4) is 0 Å². The van der Waals surface area contributed by atoms with E-state index in [0.29, 0.717) is 31.0 Å². The van der Waals surface area contributed by atoms with Crippen LogP contribution in [0.5, 0.6) is 0 Å². The Morgan fingerprint density at radius 3 is 1.83 bits per heavy atom. The van der Waals surface area contributed by atoms with Crippen LogP contribution in [0.25, 0.3) is 0 Å². The molecule has 1 aromatic carbocycles. The molecule has 0 aromatic heterocycles. The summed E-state index contributed by atoms with van der Waals surface area (Å²) < 4.78 is 28.0. The van der Waals surface area contributed by atoms with Gasteiger partial charge >= 0.3 is 6.03 Å². The van der Waals surface area contributed by atoms with Gasteiger partial charge in [-0.2, -0.15) is 4.31 Å². The zero-order valence-corrected chi connectivity index (χ0v) is 16.0. The van der Waals surface area contributed by atoms with Crippen molar-refractivity contribution in [1.82, 2.24) is 9.21 Å². The fourth-order valence-electron chi connectivity index (χ4n) is 3.34. The molecule has 6 nitrogen and oxygen atoms in total. The van der Waals surface area contributed by atoms with E-state index < -0.39 is 16.1 Å².